The Hall–Kier alpha value is -4.98. The number of aromatic hydroxyl groups is 1. The number of ether oxygens (including phenoxy) is 3. The number of nitrogens with two attached hydrogens (primary N) is 1. The number of carboxylic acids is 1. The van der Waals surface area contributed by atoms with Crippen LogP contribution in [0.5, 0.6) is 34.6 Å². The predicted octanol–water partition coefficient (Wildman–Crippen LogP) is 2.98. The number of nitrogen functional groups attached to an aromatic ring is 1. The largest absolute Gasteiger partial charge is 0.504 e. The van der Waals surface area contributed by atoms with Crippen molar-refractivity contribution in [2.75, 3.05) is 20.1 Å². The highest BCUT2D eigenvalue weighted by molar-refractivity contribution is 6.02. The molecule has 1 saturated carbocycles. The molecule has 12 nitrogen and oxygen atoms in total. The van der Waals surface area contributed by atoms with Gasteiger partial charge in [-0.3, -0.25) is 10.4 Å². The van der Waals surface area contributed by atoms with Crippen LogP contribution in [0.15, 0.2) is 47.6 Å². The van der Waals surface area contributed by atoms with Gasteiger partial charge >= 0.3 is 5.97 Å². The summed E-state index contributed by atoms with van der Waals surface area (Å²) in [6, 6.07) is 8.21. The van der Waals surface area contributed by atoms with Crippen molar-refractivity contribution in [3.8, 4) is 34.6 Å². The fraction of sp³-hybridized carbons (Fsp3) is 0.259. The standard InChI is InChI=1S/C27H25F2N5O7/c1-34-7-6-32-24(34)16-9-14(39-15-10-27(38,11-15)26(36)37)3-5-19(16)40-22-17(28)12-33-25(21(22)29)41-20-8-13(23(30)31)2-4-18(20)35/h2-5,8-9,12,15,35,38H,6-7,10-11H2,1H3,(H3,30,31)(H,36,37). The summed E-state index contributed by atoms with van der Waals surface area (Å²) in [5.41, 5.74) is 4.16. The van der Waals surface area contributed by atoms with Crippen molar-refractivity contribution in [3.05, 3.63) is 65.4 Å². The van der Waals surface area contributed by atoms with Crippen LogP contribution in [0.3, 0.4) is 0 Å². The number of halogens is 2. The number of aromatic nitrogens is 1. The molecule has 2 aliphatic rings. The molecule has 214 valence electrons. The third-order valence-corrected chi connectivity index (χ3v) is 6.67. The number of nitrogens with one attached hydrogen (secondary N) is 1. The lowest BCUT2D eigenvalue weighted by molar-refractivity contribution is -0.178. The first-order chi connectivity index (χ1) is 19.4. The van der Waals surface area contributed by atoms with Crippen LogP contribution in [0.2, 0.25) is 0 Å². The first-order valence-corrected chi connectivity index (χ1v) is 12.3. The molecular formula is C27H25F2N5O7. The summed E-state index contributed by atoms with van der Waals surface area (Å²) < 4.78 is 47.2. The molecule has 1 aliphatic heterocycles. The van der Waals surface area contributed by atoms with Crippen molar-refractivity contribution >= 4 is 17.6 Å². The van der Waals surface area contributed by atoms with E-state index in [1.54, 1.807) is 13.1 Å². The molecule has 0 saturated heterocycles. The molecule has 41 heavy (non-hydrogen) atoms. The Labute approximate surface area is 231 Å². The van der Waals surface area contributed by atoms with Crippen molar-refractivity contribution in [2.24, 2.45) is 10.7 Å². The lowest BCUT2D eigenvalue weighted by atomic mass is 9.77. The number of pyridine rings is 1. The first kappa shape index (κ1) is 27.6. The van der Waals surface area contributed by atoms with Gasteiger partial charge in [-0.05, 0) is 36.4 Å². The Morgan fingerprint density at radius 2 is 1.93 bits per heavy atom. The second-order valence-corrected chi connectivity index (χ2v) is 9.62. The van der Waals surface area contributed by atoms with Crippen molar-refractivity contribution in [1.29, 1.82) is 5.41 Å². The molecule has 0 radical (unpaired) electrons. The number of aliphatic carboxylic acids is 1. The van der Waals surface area contributed by atoms with Gasteiger partial charge in [0.15, 0.2) is 22.9 Å². The normalized spacial score (nSPS) is 19.8. The van der Waals surface area contributed by atoms with E-state index in [-0.39, 0.29) is 35.7 Å². The molecule has 3 aromatic rings. The number of nitrogens with zero attached hydrogens (tertiary/aromatic N) is 3. The first-order valence-electron chi connectivity index (χ1n) is 12.3. The second kappa shape index (κ2) is 10.5. The van der Waals surface area contributed by atoms with E-state index in [1.807, 2.05) is 4.90 Å². The number of likely N-dealkylation sites (N-methyl/N-ethyl adjacent to an activating group) is 1. The fourth-order valence-corrected chi connectivity index (χ4v) is 4.39. The average molecular weight is 570 g/mol. The lowest BCUT2D eigenvalue weighted by Gasteiger charge is -2.39. The van der Waals surface area contributed by atoms with Gasteiger partial charge in [-0.25, -0.2) is 14.2 Å². The number of carbonyl (C=O) groups is 1. The van der Waals surface area contributed by atoms with Crippen molar-refractivity contribution < 1.29 is 43.1 Å². The van der Waals surface area contributed by atoms with Crippen molar-refractivity contribution in [3.63, 3.8) is 0 Å². The molecule has 5 rings (SSSR count). The molecule has 1 aromatic heterocycles. The molecule has 2 heterocycles. The number of rotatable bonds is 9. The van der Waals surface area contributed by atoms with Crippen LogP contribution in [-0.2, 0) is 4.79 Å². The van der Waals surface area contributed by atoms with Gasteiger partial charge in [0.25, 0.3) is 5.88 Å². The van der Waals surface area contributed by atoms with E-state index in [4.69, 9.17) is 30.5 Å². The Bertz CT molecular complexity index is 1580. The summed E-state index contributed by atoms with van der Waals surface area (Å²) in [5.74, 6) is -5.46. The maximum Gasteiger partial charge on any atom is 0.335 e. The van der Waals surface area contributed by atoms with E-state index in [2.05, 4.69) is 9.98 Å². The molecule has 0 atom stereocenters. The van der Waals surface area contributed by atoms with Crippen LogP contribution in [0.1, 0.15) is 24.0 Å². The van der Waals surface area contributed by atoms with Gasteiger partial charge in [-0.2, -0.15) is 4.39 Å². The Morgan fingerprint density at radius 3 is 2.59 bits per heavy atom. The molecule has 1 fully saturated rings. The number of phenols is 1. The quantitative estimate of drug-likeness (QED) is 0.190. The predicted molar refractivity (Wildman–Crippen MR) is 140 cm³/mol. The van der Waals surface area contributed by atoms with Gasteiger partial charge < -0.3 is 40.2 Å². The maximum atomic E-state index is 15.5. The molecule has 2 aromatic carbocycles. The van der Waals surface area contributed by atoms with Crippen LogP contribution in [0.25, 0.3) is 0 Å². The van der Waals surface area contributed by atoms with Gasteiger partial charge in [-0.1, -0.05) is 0 Å². The Morgan fingerprint density at radius 1 is 1.17 bits per heavy atom. The smallest absolute Gasteiger partial charge is 0.335 e. The number of aliphatic hydroxyl groups is 1. The maximum absolute atomic E-state index is 15.5. The zero-order valence-corrected chi connectivity index (χ0v) is 21.6. The van der Waals surface area contributed by atoms with Gasteiger partial charge in [-0.15, -0.1) is 0 Å². The van der Waals surface area contributed by atoms with Crippen LogP contribution < -0.4 is 19.9 Å². The summed E-state index contributed by atoms with van der Waals surface area (Å²) in [6.07, 6.45) is -0.0574. The number of aliphatic imine (C=N–C) groups is 1. The molecule has 14 heteroatoms. The highest BCUT2D eigenvalue weighted by atomic mass is 19.1. The van der Waals surface area contributed by atoms with Gasteiger partial charge in [0.2, 0.25) is 11.6 Å². The minimum Gasteiger partial charge on any atom is -0.504 e. The SMILES string of the molecule is CN1CCN=C1c1cc(OC2CC(O)(C(=O)O)C2)ccc1Oc1c(F)cnc(Oc2cc(C(=N)N)ccc2O)c1F. The summed E-state index contributed by atoms with van der Waals surface area (Å²) >= 11 is 0. The zero-order chi connectivity index (χ0) is 29.5. The molecule has 0 bridgehead atoms. The van der Waals surface area contributed by atoms with Crippen LogP contribution >= 0.6 is 0 Å². The number of phenolic OH excluding ortho intramolecular Hbond substituents is 1. The van der Waals surface area contributed by atoms with Gasteiger partial charge in [0.1, 0.15) is 29.3 Å². The lowest BCUT2D eigenvalue weighted by Crippen LogP contribution is -2.55. The monoisotopic (exact) mass is 569 g/mol. The Kier molecular flexibility index (Phi) is 7.09. The number of hydrogen-bond donors (Lipinski definition) is 5. The molecule has 0 unspecified atom stereocenters. The summed E-state index contributed by atoms with van der Waals surface area (Å²) in [5, 5.41) is 36.8. The summed E-state index contributed by atoms with van der Waals surface area (Å²) in [6.45, 7) is 1.07. The molecule has 0 amide bonds. The van der Waals surface area contributed by atoms with Crippen LogP contribution in [-0.4, -0.2) is 74.7 Å². The molecule has 0 spiro atoms. The zero-order valence-electron chi connectivity index (χ0n) is 21.6. The van der Waals surface area contributed by atoms with E-state index >= 15 is 4.39 Å². The van der Waals surface area contributed by atoms with Crippen LogP contribution in [0, 0.1) is 17.0 Å². The van der Waals surface area contributed by atoms with Gasteiger partial charge in [0, 0.05) is 32.0 Å². The van der Waals surface area contributed by atoms with Crippen molar-refractivity contribution in [1.82, 2.24) is 9.88 Å². The summed E-state index contributed by atoms with van der Waals surface area (Å²) in [7, 11) is 1.78. The highest BCUT2D eigenvalue weighted by Gasteiger charge is 2.50. The fourth-order valence-electron chi connectivity index (χ4n) is 4.39. The Balaban J connectivity index is 1.45. The number of hydrogen-bond acceptors (Lipinski definition) is 10. The molecule has 1 aliphatic carbocycles. The van der Waals surface area contributed by atoms with E-state index in [9.17, 15) is 19.4 Å². The van der Waals surface area contributed by atoms with Crippen molar-refractivity contribution in [2.45, 2.75) is 24.5 Å². The van der Waals surface area contributed by atoms with E-state index in [1.165, 1.54) is 30.3 Å². The van der Waals surface area contributed by atoms with E-state index in [0.29, 0.717) is 36.4 Å². The summed E-state index contributed by atoms with van der Waals surface area (Å²) in [4.78, 5) is 21.1. The van der Waals surface area contributed by atoms with Gasteiger partial charge in [0.05, 0.1) is 18.3 Å². The third-order valence-electron chi connectivity index (χ3n) is 6.67. The third kappa shape index (κ3) is 5.41. The highest BCUT2D eigenvalue weighted by Crippen LogP contribution is 2.40. The van der Waals surface area contributed by atoms with E-state index < -0.39 is 46.7 Å². The van der Waals surface area contributed by atoms with Crippen LogP contribution in [0.4, 0.5) is 8.78 Å². The average Bonchev–Trinajstić information content (AvgIpc) is 3.34. The molecular weight excluding hydrogens is 544 g/mol. The number of carboxylic acid groups (broad SMARTS) is 1. The minimum absolute atomic E-state index is 0.0249. The topological polar surface area (TPSA) is 184 Å². The van der Waals surface area contributed by atoms with E-state index in [0.717, 1.165) is 0 Å². The molecule has 6 N–H and O–H groups in total. The second-order valence-electron chi connectivity index (χ2n) is 9.62. The number of benzene rings is 2. The number of amidine groups is 2. The minimum atomic E-state index is -1.84.